The van der Waals surface area contributed by atoms with Crippen molar-refractivity contribution in [3.05, 3.63) is 11.6 Å². The maximum Gasteiger partial charge on any atom is 0.160 e. The predicted molar refractivity (Wildman–Crippen MR) is 66.6 cm³/mol. The first-order valence-corrected chi connectivity index (χ1v) is 8.05. The van der Waals surface area contributed by atoms with Gasteiger partial charge < -0.3 is 5.32 Å². The Labute approximate surface area is 102 Å². The van der Waals surface area contributed by atoms with Gasteiger partial charge in [-0.05, 0) is 31.3 Å². The molecule has 1 saturated heterocycles. The first-order chi connectivity index (χ1) is 8.07. The summed E-state index contributed by atoms with van der Waals surface area (Å²) >= 11 is 0. The SMILES string of the molecule is O=C(CC1CS(=O)(=O)CCN1)C1=CCCCC1. The first kappa shape index (κ1) is 12.8. The molecule has 0 radical (unpaired) electrons. The molecule has 0 bridgehead atoms. The Morgan fingerprint density at radius 1 is 1.41 bits per heavy atom. The van der Waals surface area contributed by atoms with Crippen LogP contribution in [0.2, 0.25) is 0 Å². The minimum atomic E-state index is -2.94. The van der Waals surface area contributed by atoms with Crippen LogP contribution >= 0.6 is 0 Å². The minimum absolute atomic E-state index is 0.103. The fourth-order valence-electron chi connectivity index (χ4n) is 2.44. The summed E-state index contributed by atoms with van der Waals surface area (Å²) in [6, 6.07) is -0.191. The van der Waals surface area contributed by atoms with Gasteiger partial charge in [0.1, 0.15) is 0 Å². The van der Waals surface area contributed by atoms with E-state index in [4.69, 9.17) is 0 Å². The third-order valence-electron chi connectivity index (χ3n) is 3.38. The summed E-state index contributed by atoms with van der Waals surface area (Å²) in [6.07, 6.45) is 6.42. The van der Waals surface area contributed by atoms with Crippen molar-refractivity contribution in [3.63, 3.8) is 0 Å². The van der Waals surface area contributed by atoms with Gasteiger partial charge in [0.25, 0.3) is 0 Å². The topological polar surface area (TPSA) is 63.2 Å². The maximum atomic E-state index is 12.0. The van der Waals surface area contributed by atoms with Crippen LogP contribution in [0.4, 0.5) is 0 Å². The van der Waals surface area contributed by atoms with Crippen molar-refractivity contribution < 1.29 is 13.2 Å². The van der Waals surface area contributed by atoms with E-state index >= 15 is 0 Å². The third-order valence-corrected chi connectivity index (χ3v) is 5.12. The molecule has 5 heteroatoms. The number of sulfone groups is 1. The van der Waals surface area contributed by atoms with Gasteiger partial charge in [0.2, 0.25) is 0 Å². The van der Waals surface area contributed by atoms with Crippen molar-refractivity contribution in [2.24, 2.45) is 0 Å². The summed E-state index contributed by atoms with van der Waals surface area (Å²) in [4.78, 5) is 12.0. The molecule has 0 saturated carbocycles. The van der Waals surface area contributed by atoms with Gasteiger partial charge >= 0.3 is 0 Å². The lowest BCUT2D eigenvalue weighted by atomic mass is 9.94. The van der Waals surface area contributed by atoms with Crippen LogP contribution in [0.1, 0.15) is 32.1 Å². The predicted octanol–water partition coefficient (Wildman–Crippen LogP) is 0.833. The highest BCUT2D eigenvalue weighted by Crippen LogP contribution is 2.20. The van der Waals surface area contributed by atoms with Gasteiger partial charge in [0.05, 0.1) is 11.5 Å². The average Bonchev–Trinajstić information content (AvgIpc) is 2.29. The molecular formula is C12H19NO3S. The number of hydrogen-bond donors (Lipinski definition) is 1. The van der Waals surface area contributed by atoms with E-state index in [1.54, 1.807) is 0 Å². The molecule has 1 aliphatic carbocycles. The summed E-state index contributed by atoms with van der Waals surface area (Å²) in [5, 5.41) is 3.12. The Hall–Kier alpha value is -0.680. The van der Waals surface area contributed by atoms with Gasteiger partial charge in [0, 0.05) is 19.0 Å². The van der Waals surface area contributed by atoms with Gasteiger partial charge in [-0.1, -0.05) is 6.08 Å². The number of carbonyl (C=O) groups excluding carboxylic acids is 1. The van der Waals surface area contributed by atoms with E-state index in [9.17, 15) is 13.2 Å². The van der Waals surface area contributed by atoms with Crippen LogP contribution in [0.25, 0.3) is 0 Å². The van der Waals surface area contributed by atoms with Crippen LogP contribution < -0.4 is 5.32 Å². The largest absolute Gasteiger partial charge is 0.312 e. The third kappa shape index (κ3) is 3.64. The van der Waals surface area contributed by atoms with Crippen LogP contribution in [-0.2, 0) is 14.6 Å². The highest BCUT2D eigenvalue weighted by molar-refractivity contribution is 7.91. The smallest absolute Gasteiger partial charge is 0.160 e. The number of carbonyl (C=O) groups is 1. The van der Waals surface area contributed by atoms with E-state index in [2.05, 4.69) is 5.32 Å². The molecule has 2 aliphatic rings. The zero-order chi connectivity index (χ0) is 12.3. The molecule has 1 N–H and O–H groups in total. The standard InChI is InChI=1S/C12H19NO3S/c14-12(10-4-2-1-3-5-10)8-11-9-17(15,16)7-6-13-11/h4,11,13H,1-3,5-9H2. The second kappa shape index (κ2) is 5.31. The second-order valence-electron chi connectivity index (χ2n) is 4.87. The van der Waals surface area contributed by atoms with Gasteiger partial charge in [-0.3, -0.25) is 4.79 Å². The molecule has 17 heavy (non-hydrogen) atoms. The van der Waals surface area contributed by atoms with E-state index in [1.807, 2.05) is 6.08 Å². The summed E-state index contributed by atoms with van der Waals surface area (Å²) in [6.45, 7) is 0.472. The molecular weight excluding hydrogens is 238 g/mol. The summed E-state index contributed by atoms with van der Waals surface area (Å²) in [5.41, 5.74) is 0.904. The van der Waals surface area contributed by atoms with Gasteiger partial charge in [0.15, 0.2) is 15.6 Å². The molecule has 1 aliphatic heterocycles. The Morgan fingerprint density at radius 2 is 2.24 bits per heavy atom. The van der Waals surface area contributed by atoms with Crippen LogP contribution in [0.5, 0.6) is 0 Å². The minimum Gasteiger partial charge on any atom is -0.312 e. The second-order valence-corrected chi connectivity index (χ2v) is 7.10. The number of nitrogens with one attached hydrogen (secondary N) is 1. The fourth-order valence-corrected chi connectivity index (χ4v) is 3.89. The molecule has 1 atom stereocenters. The summed E-state index contributed by atoms with van der Waals surface area (Å²) in [7, 11) is -2.94. The summed E-state index contributed by atoms with van der Waals surface area (Å²) in [5.74, 6) is 0.422. The van der Waals surface area contributed by atoms with Gasteiger partial charge in [-0.25, -0.2) is 8.42 Å². The number of rotatable bonds is 3. The average molecular weight is 257 g/mol. The van der Waals surface area contributed by atoms with E-state index < -0.39 is 9.84 Å². The van der Waals surface area contributed by atoms with Crippen LogP contribution in [0, 0.1) is 0 Å². The highest BCUT2D eigenvalue weighted by atomic mass is 32.2. The van der Waals surface area contributed by atoms with Crippen LogP contribution in [0.15, 0.2) is 11.6 Å². The molecule has 0 spiro atoms. The first-order valence-electron chi connectivity index (χ1n) is 6.23. The highest BCUT2D eigenvalue weighted by Gasteiger charge is 2.26. The molecule has 96 valence electrons. The molecule has 2 rings (SSSR count). The van der Waals surface area contributed by atoms with E-state index in [0.29, 0.717) is 13.0 Å². The van der Waals surface area contributed by atoms with Crippen molar-refractivity contribution in [1.82, 2.24) is 5.32 Å². The summed E-state index contributed by atoms with van der Waals surface area (Å²) < 4.78 is 22.9. The van der Waals surface area contributed by atoms with Crippen LogP contribution in [0.3, 0.4) is 0 Å². The van der Waals surface area contributed by atoms with Crippen molar-refractivity contribution >= 4 is 15.6 Å². The van der Waals surface area contributed by atoms with Crippen molar-refractivity contribution in [2.75, 3.05) is 18.1 Å². The lowest BCUT2D eigenvalue weighted by Crippen LogP contribution is -2.46. The molecule has 1 unspecified atom stereocenters. The van der Waals surface area contributed by atoms with Crippen molar-refractivity contribution in [3.8, 4) is 0 Å². The maximum absolute atomic E-state index is 12.0. The Morgan fingerprint density at radius 3 is 2.88 bits per heavy atom. The fraction of sp³-hybridized carbons (Fsp3) is 0.750. The monoisotopic (exact) mass is 257 g/mol. The number of ketones is 1. The van der Waals surface area contributed by atoms with Crippen LogP contribution in [-0.4, -0.2) is 38.3 Å². The molecule has 1 heterocycles. The number of hydrogen-bond acceptors (Lipinski definition) is 4. The van der Waals surface area contributed by atoms with E-state index in [0.717, 1.165) is 31.3 Å². The quantitative estimate of drug-likeness (QED) is 0.813. The molecule has 0 aromatic heterocycles. The Balaban J connectivity index is 1.92. The number of allylic oxidation sites excluding steroid dienone is 2. The zero-order valence-electron chi connectivity index (χ0n) is 9.94. The Bertz CT molecular complexity index is 425. The normalized spacial score (nSPS) is 28.5. The van der Waals surface area contributed by atoms with Gasteiger partial charge in [-0.15, -0.1) is 0 Å². The van der Waals surface area contributed by atoms with Crippen molar-refractivity contribution in [2.45, 2.75) is 38.1 Å². The number of Topliss-reactive ketones (excluding diaryl/α,β-unsaturated/α-hetero) is 1. The lowest BCUT2D eigenvalue weighted by molar-refractivity contribution is -0.116. The Kier molecular flexibility index (Phi) is 3.99. The molecule has 0 aromatic carbocycles. The molecule has 1 fully saturated rings. The van der Waals surface area contributed by atoms with E-state index in [-0.39, 0.29) is 23.3 Å². The molecule has 0 aromatic rings. The zero-order valence-corrected chi connectivity index (χ0v) is 10.8. The molecule has 4 nitrogen and oxygen atoms in total. The van der Waals surface area contributed by atoms with Gasteiger partial charge in [-0.2, -0.15) is 0 Å². The van der Waals surface area contributed by atoms with E-state index in [1.165, 1.54) is 0 Å². The molecule has 0 amide bonds. The van der Waals surface area contributed by atoms with Crippen molar-refractivity contribution in [1.29, 1.82) is 0 Å². The lowest BCUT2D eigenvalue weighted by Gasteiger charge is -2.23.